The molecule has 1 aromatic rings. The number of alkyl halides is 1. The van der Waals surface area contributed by atoms with E-state index in [9.17, 15) is 0 Å². The maximum absolute atomic E-state index is 5.63. The van der Waals surface area contributed by atoms with Gasteiger partial charge in [-0.1, -0.05) is 18.5 Å². The van der Waals surface area contributed by atoms with Crippen molar-refractivity contribution in [3.8, 4) is 0 Å². The third-order valence-electron chi connectivity index (χ3n) is 3.39. The van der Waals surface area contributed by atoms with Gasteiger partial charge >= 0.3 is 0 Å². The quantitative estimate of drug-likeness (QED) is 0.744. The van der Waals surface area contributed by atoms with E-state index < -0.39 is 0 Å². The number of hydrogen-bond donors (Lipinski definition) is 0. The molecule has 1 saturated carbocycles. The standard InChI is InChI=1S/C11H17ClN2O/c1-2-8-3-5-9(6-4-8)11-13-10(7-12)15-14-11/h8-9H,2-7H2,1H3. The summed E-state index contributed by atoms with van der Waals surface area (Å²) in [4.78, 5) is 4.29. The fourth-order valence-corrected chi connectivity index (χ4v) is 2.43. The Morgan fingerprint density at radius 1 is 1.33 bits per heavy atom. The van der Waals surface area contributed by atoms with E-state index in [0.717, 1.165) is 11.7 Å². The maximum Gasteiger partial charge on any atom is 0.241 e. The molecule has 0 amide bonds. The van der Waals surface area contributed by atoms with Crippen LogP contribution >= 0.6 is 11.6 Å². The molecule has 0 saturated heterocycles. The van der Waals surface area contributed by atoms with Crippen molar-refractivity contribution in [3.05, 3.63) is 11.7 Å². The summed E-state index contributed by atoms with van der Waals surface area (Å²) in [5.74, 6) is 3.12. The van der Waals surface area contributed by atoms with Crippen LogP contribution in [0.2, 0.25) is 0 Å². The minimum Gasteiger partial charge on any atom is -0.338 e. The Hall–Kier alpha value is -0.570. The van der Waals surface area contributed by atoms with E-state index in [1.54, 1.807) is 0 Å². The van der Waals surface area contributed by atoms with Crippen molar-refractivity contribution in [1.82, 2.24) is 10.1 Å². The van der Waals surface area contributed by atoms with E-state index in [0.29, 0.717) is 17.7 Å². The minimum atomic E-state index is 0.317. The van der Waals surface area contributed by atoms with Crippen molar-refractivity contribution in [2.75, 3.05) is 0 Å². The average molecular weight is 229 g/mol. The molecule has 1 aromatic heterocycles. The molecule has 0 N–H and O–H groups in total. The van der Waals surface area contributed by atoms with Gasteiger partial charge in [-0.15, -0.1) is 11.6 Å². The highest BCUT2D eigenvalue weighted by atomic mass is 35.5. The Labute approximate surface area is 95.2 Å². The lowest BCUT2D eigenvalue weighted by Crippen LogP contribution is -2.13. The van der Waals surface area contributed by atoms with Crippen molar-refractivity contribution < 1.29 is 4.52 Å². The van der Waals surface area contributed by atoms with Gasteiger partial charge in [0, 0.05) is 5.92 Å². The van der Waals surface area contributed by atoms with E-state index in [2.05, 4.69) is 17.1 Å². The lowest BCUT2D eigenvalue weighted by atomic mass is 9.80. The molecular formula is C11H17ClN2O. The summed E-state index contributed by atoms with van der Waals surface area (Å²) in [6, 6.07) is 0. The van der Waals surface area contributed by atoms with Gasteiger partial charge in [-0.3, -0.25) is 0 Å². The summed E-state index contributed by atoms with van der Waals surface area (Å²) in [5.41, 5.74) is 0. The molecule has 0 bridgehead atoms. The van der Waals surface area contributed by atoms with Gasteiger partial charge < -0.3 is 4.52 Å². The molecule has 0 aromatic carbocycles. The van der Waals surface area contributed by atoms with E-state index in [4.69, 9.17) is 16.1 Å². The Kier molecular flexibility index (Phi) is 3.62. The number of rotatable bonds is 3. The first-order valence-electron chi connectivity index (χ1n) is 5.72. The van der Waals surface area contributed by atoms with Crippen LogP contribution < -0.4 is 0 Å². The Balaban J connectivity index is 1.95. The Morgan fingerprint density at radius 3 is 2.60 bits per heavy atom. The molecule has 1 aliphatic rings. The van der Waals surface area contributed by atoms with Gasteiger partial charge in [-0.25, -0.2) is 0 Å². The second-order valence-electron chi connectivity index (χ2n) is 4.31. The summed E-state index contributed by atoms with van der Waals surface area (Å²) in [5, 5.41) is 3.99. The lowest BCUT2D eigenvalue weighted by molar-refractivity contribution is 0.303. The fourth-order valence-electron chi connectivity index (χ4n) is 2.32. The highest BCUT2D eigenvalue weighted by molar-refractivity contribution is 6.16. The zero-order chi connectivity index (χ0) is 10.7. The van der Waals surface area contributed by atoms with Crippen LogP contribution in [0.25, 0.3) is 0 Å². The van der Waals surface area contributed by atoms with E-state index in [1.807, 2.05) is 0 Å². The fraction of sp³-hybridized carbons (Fsp3) is 0.818. The molecule has 15 heavy (non-hydrogen) atoms. The van der Waals surface area contributed by atoms with Gasteiger partial charge in [0.15, 0.2) is 5.82 Å². The molecule has 84 valence electrons. The van der Waals surface area contributed by atoms with Crippen molar-refractivity contribution in [3.63, 3.8) is 0 Å². The number of halogens is 1. The summed E-state index contributed by atoms with van der Waals surface area (Å²) in [6.07, 6.45) is 6.28. The largest absolute Gasteiger partial charge is 0.338 e. The zero-order valence-corrected chi connectivity index (χ0v) is 9.83. The number of aromatic nitrogens is 2. The van der Waals surface area contributed by atoms with Crippen LogP contribution in [-0.2, 0) is 5.88 Å². The maximum atomic E-state index is 5.63. The topological polar surface area (TPSA) is 38.9 Å². The molecule has 0 radical (unpaired) electrons. The zero-order valence-electron chi connectivity index (χ0n) is 9.08. The summed E-state index contributed by atoms with van der Waals surface area (Å²) in [6.45, 7) is 2.27. The Bertz CT molecular complexity index is 305. The molecule has 0 aliphatic heterocycles. The third kappa shape index (κ3) is 2.51. The highest BCUT2D eigenvalue weighted by Crippen LogP contribution is 2.35. The molecule has 1 fully saturated rings. The molecule has 0 spiro atoms. The highest BCUT2D eigenvalue weighted by Gasteiger charge is 2.24. The van der Waals surface area contributed by atoms with Crippen molar-refractivity contribution in [2.24, 2.45) is 5.92 Å². The van der Waals surface area contributed by atoms with E-state index in [1.165, 1.54) is 32.1 Å². The number of hydrogen-bond acceptors (Lipinski definition) is 3. The van der Waals surface area contributed by atoms with Gasteiger partial charge in [-0.2, -0.15) is 4.98 Å². The van der Waals surface area contributed by atoms with E-state index in [-0.39, 0.29) is 0 Å². The SMILES string of the molecule is CCC1CCC(c2noc(CCl)n2)CC1. The molecule has 4 heteroatoms. The van der Waals surface area contributed by atoms with Crippen LogP contribution in [-0.4, -0.2) is 10.1 Å². The van der Waals surface area contributed by atoms with Gasteiger partial charge in [-0.05, 0) is 31.6 Å². The van der Waals surface area contributed by atoms with Crippen LogP contribution in [0.4, 0.5) is 0 Å². The second-order valence-corrected chi connectivity index (χ2v) is 4.57. The monoisotopic (exact) mass is 228 g/mol. The third-order valence-corrected chi connectivity index (χ3v) is 3.62. The smallest absolute Gasteiger partial charge is 0.241 e. The first-order valence-corrected chi connectivity index (χ1v) is 6.25. The molecule has 0 unspecified atom stereocenters. The molecule has 0 atom stereocenters. The van der Waals surface area contributed by atoms with Crippen LogP contribution in [0, 0.1) is 5.92 Å². The molecule has 1 aliphatic carbocycles. The van der Waals surface area contributed by atoms with Crippen LogP contribution in [0.1, 0.15) is 56.7 Å². The second kappa shape index (κ2) is 4.97. The van der Waals surface area contributed by atoms with Gasteiger partial charge in [0.2, 0.25) is 5.89 Å². The molecule has 3 nitrogen and oxygen atoms in total. The van der Waals surface area contributed by atoms with Crippen LogP contribution in [0.3, 0.4) is 0 Å². The Morgan fingerprint density at radius 2 is 2.07 bits per heavy atom. The predicted octanol–water partition coefficient (Wildman–Crippen LogP) is 3.49. The van der Waals surface area contributed by atoms with Gasteiger partial charge in [0.05, 0.1) is 0 Å². The minimum absolute atomic E-state index is 0.317. The van der Waals surface area contributed by atoms with Crippen molar-refractivity contribution >= 4 is 11.6 Å². The summed E-state index contributed by atoms with van der Waals surface area (Å²) >= 11 is 5.63. The van der Waals surface area contributed by atoms with Gasteiger partial charge in [0.1, 0.15) is 5.88 Å². The predicted molar refractivity (Wildman–Crippen MR) is 58.8 cm³/mol. The molecule has 1 heterocycles. The average Bonchev–Trinajstić information content (AvgIpc) is 2.78. The van der Waals surface area contributed by atoms with Crippen LogP contribution in [0.5, 0.6) is 0 Å². The number of nitrogens with zero attached hydrogens (tertiary/aromatic N) is 2. The van der Waals surface area contributed by atoms with Crippen LogP contribution in [0.15, 0.2) is 4.52 Å². The summed E-state index contributed by atoms with van der Waals surface area (Å²) in [7, 11) is 0. The first kappa shape index (κ1) is 10.9. The molecule has 2 rings (SSSR count). The summed E-state index contributed by atoms with van der Waals surface area (Å²) < 4.78 is 5.03. The van der Waals surface area contributed by atoms with E-state index >= 15 is 0 Å². The van der Waals surface area contributed by atoms with Crippen molar-refractivity contribution in [2.45, 2.75) is 50.8 Å². The lowest BCUT2D eigenvalue weighted by Gasteiger charge is -2.25. The van der Waals surface area contributed by atoms with Crippen molar-refractivity contribution in [1.29, 1.82) is 0 Å². The normalized spacial score (nSPS) is 26.8. The van der Waals surface area contributed by atoms with Gasteiger partial charge in [0.25, 0.3) is 0 Å². The molecular weight excluding hydrogens is 212 g/mol. The first-order chi connectivity index (χ1) is 7.33.